The summed E-state index contributed by atoms with van der Waals surface area (Å²) in [7, 11) is 0. The number of morpholine rings is 1. The topological polar surface area (TPSA) is 97.3 Å². The number of amides is 2. The monoisotopic (exact) mass is 355 g/mol. The van der Waals surface area contributed by atoms with E-state index in [4.69, 9.17) is 4.74 Å². The van der Waals surface area contributed by atoms with Crippen LogP contribution >= 0.6 is 0 Å². The van der Waals surface area contributed by atoms with Gasteiger partial charge in [0.15, 0.2) is 5.82 Å². The van der Waals surface area contributed by atoms with Gasteiger partial charge in [0, 0.05) is 25.4 Å². The summed E-state index contributed by atoms with van der Waals surface area (Å²) >= 11 is 0. The molecule has 0 radical (unpaired) electrons. The summed E-state index contributed by atoms with van der Waals surface area (Å²) in [5.74, 6) is 0.250. The maximum Gasteiger partial charge on any atom is 0.272 e. The summed E-state index contributed by atoms with van der Waals surface area (Å²) in [6, 6.07) is 7.13. The molecule has 1 aliphatic rings. The van der Waals surface area contributed by atoms with E-state index in [0.29, 0.717) is 43.5 Å². The highest BCUT2D eigenvalue weighted by atomic mass is 16.5. The van der Waals surface area contributed by atoms with Gasteiger partial charge < -0.3 is 15.0 Å². The van der Waals surface area contributed by atoms with Gasteiger partial charge in [0.2, 0.25) is 5.91 Å². The Kier molecular flexibility index (Phi) is 5.52. The lowest BCUT2D eigenvalue weighted by molar-refractivity contribution is -0.119. The van der Waals surface area contributed by atoms with Crippen LogP contribution in [0.4, 0.5) is 0 Å². The molecule has 1 fully saturated rings. The van der Waals surface area contributed by atoms with Crippen molar-refractivity contribution in [2.75, 3.05) is 19.7 Å². The zero-order valence-corrected chi connectivity index (χ0v) is 14.8. The third-order valence-electron chi connectivity index (χ3n) is 4.00. The predicted octanol–water partition coefficient (Wildman–Crippen LogP) is 1.03. The molecule has 0 aromatic carbocycles. The molecule has 1 atom stereocenters. The number of rotatable bonds is 4. The maximum atomic E-state index is 12.7. The summed E-state index contributed by atoms with van der Waals surface area (Å²) in [5, 5.41) is 2.70. The molecule has 1 N–H and O–H groups in total. The molecule has 0 spiro atoms. The van der Waals surface area contributed by atoms with Gasteiger partial charge in [0.1, 0.15) is 11.8 Å². The fraction of sp³-hybridized carbons (Fsp3) is 0.389. The van der Waals surface area contributed by atoms with Gasteiger partial charge in [0.05, 0.1) is 25.4 Å². The summed E-state index contributed by atoms with van der Waals surface area (Å²) in [5.41, 5.74) is 1.92. The number of pyridine rings is 1. The Morgan fingerprint density at radius 2 is 2.15 bits per heavy atom. The standard InChI is InChI=1S/C18H21N5O3/c1-12-4-3-5-15(21-12)18(25)23-8-9-26-16(11-23)17-19-7-6-14(22-17)10-20-13(2)24/h3-7,16H,8-11H2,1-2H3,(H,20,24)/t16-/m1/s1. The van der Waals surface area contributed by atoms with Crippen molar-refractivity contribution in [3.63, 3.8) is 0 Å². The first kappa shape index (κ1) is 17.9. The van der Waals surface area contributed by atoms with E-state index in [1.54, 1.807) is 23.2 Å². The van der Waals surface area contributed by atoms with E-state index in [-0.39, 0.29) is 11.8 Å². The number of aromatic nitrogens is 3. The smallest absolute Gasteiger partial charge is 0.272 e. The largest absolute Gasteiger partial charge is 0.367 e. The molecule has 2 aromatic heterocycles. The quantitative estimate of drug-likeness (QED) is 0.880. The van der Waals surface area contributed by atoms with Gasteiger partial charge in [-0.25, -0.2) is 15.0 Å². The van der Waals surface area contributed by atoms with Crippen LogP contribution in [0, 0.1) is 6.92 Å². The fourth-order valence-corrected chi connectivity index (χ4v) is 2.70. The van der Waals surface area contributed by atoms with Gasteiger partial charge in [-0.15, -0.1) is 0 Å². The molecule has 0 bridgehead atoms. The van der Waals surface area contributed by atoms with Crippen molar-refractivity contribution in [1.82, 2.24) is 25.2 Å². The molecular weight excluding hydrogens is 334 g/mol. The van der Waals surface area contributed by atoms with E-state index in [0.717, 1.165) is 5.69 Å². The van der Waals surface area contributed by atoms with Gasteiger partial charge in [0.25, 0.3) is 5.91 Å². The molecule has 3 rings (SSSR count). The van der Waals surface area contributed by atoms with Crippen LogP contribution < -0.4 is 5.32 Å². The molecule has 8 nitrogen and oxygen atoms in total. The Balaban J connectivity index is 1.71. The number of nitrogens with one attached hydrogen (secondary N) is 1. The highest BCUT2D eigenvalue weighted by Gasteiger charge is 2.28. The van der Waals surface area contributed by atoms with Gasteiger partial charge in [-0.1, -0.05) is 6.07 Å². The molecule has 1 aliphatic heterocycles. The molecule has 2 amide bonds. The summed E-state index contributed by atoms with van der Waals surface area (Å²) in [4.78, 5) is 38.5. The van der Waals surface area contributed by atoms with Crippen molar-refractivity contribution in [1.29, 1.82) is 0 Å². The Labute approximate surface area is 151 Å². The van der Waals surface area contributed by atoms with Crippen LogP contribution in [0.2, 0.25) is 0 Å². The van der Waals surface area contributed by atoms with E-state index < -0.39 is 6.10 Å². The molecule has 3 heterocycles. The lowest BCUT2D eigenvalue weighted by Crippen LogP contribution is -2.43. The SMILES string of the molecule is CC(=O)NCc1ccnc([C@H]2CN(C(=O)c3cccc(C)n3)CCO2)n1. The van der Waals surface area contributed by atoms with E-state index in [2.05, 4.69) is 20.3 Å². The number of ether oxygens (including phenoxy) is 1. The van der Waals surface area contributed by atoms with Crippen molar-refractivity contribution >= 4 is 11.8 Å². The molecule has 1 saturated heterocycles. The first-order valence-corrected chi connectivity index (χ1v) is 8.43. The maximum absolute atomic E-state index is 12.7. The number of aryl methyl sites for hydroxylation is 1. The zero-order chi connectivity index (χ0) is 18.5. The van der Waals surface area contributed by atoms with Gasteiger partial charge in [-0.05, 0) is 25.1 Å². The lowest BCUT2D eigenvalue weighted by Gasteiger charge is -2.32. The summed E-state index contributed by atoms with van der Waals surface area (Å²) < 4.78 is 5.76. The molecule has 26 heavy (non-hydrogen) atoms. The van der Waals surface area contributed by atoms with E-state index >= 15 is 0 Å². The number of hydrogen-bond donors (Lipinski definition) is 1. The third kappa shape index (κ3) is 4.40. The predicted molar refractivity (Wildman–Crippen MR) is 93.1 cm³/mol. The molecule has 2 aromatic rings. The van der Waals surface area contributed by atoms with E-state index in [9.17, 15) is 9.59 Å². The van der Waals surface area contributed by atoms with Crippen LogP contribution in [-0.4, -0.2) is 51.4 Å². The van der Waals surface area contributed by atoms with Crippen molar-refractivity contribution in [2.45, 2.75) is 26.5 Å². The van der Waals surface area contributed by atoms with E-state index in [1.165, 1.54) is 6.92 Å². The van der Waals surface area contributed by atoms with Crippen molar-refractivity contribution in [2.24, 2.45) is 0 Å². The molecule has 0 aliphatic carbocycles. The Hall–Kier alpha value is -2.87. The molecule has 0 unspecified atom stereocenters. The zero-order valence-electron chi connectivity index (χ0n) is 14.8. The van der Waals surface area contributed by atoms with Crippen LogP contribution in [-0.2, 0) is 16.1 Å². The number of nitrogens with zero attached hydrogens (tertiary/aromatic N) is 4. The second kappa shape index (κ2) is 8.01. The average Bonchev–Trinajstić information content (AvgIpc) is 2.66. The van der Waals surface area contributed by atoms with Gasteiger partial charge in [-0.2, -0.15) is 0 Å². The van der Waals surface area contributed by atoms with Crippen molar-refractivity contribution < 1.29 is 14.3 Å². The molecule has 136 valence electrons. The number of hydrogen-bond acceptors (Lipinski definition) is 6. The van der Waals surface area contributed by atoms with Crippen molar-refractivity contribution in [3.8, 4) is 0 Å². The molecule has 0 saturated carbocycles. The molecule has 8 heteroatoms. The highest BCUT2D eigenvalue weighted by molar-refractivity contribution is 5.92. The second-order valence-electron chi connectivity index (χ2n) is 6.09. The van der Waals surface area contributed by atoms with Crippen LogP contribution in [0.25, 0.3) is 0 Å². The lowest BCUT2D eigenvalue weighted by atomic mass is 10.2. The normalized spacial score (nSPS) is 17.0. The second-order valence-corrected chi connectivity index (χ2v) is 6.09. The number of carbonyl (C=O) groups excluding carboxylic acids is 2. The van der Waals surface area contributed by atoms with Crippen LogP contribution in [0.1, 0.15) is 40.7 Å². The van der Waals surface area contributed by atoms with E-state index in [1.807, 2.05) is 19.1 Å². The summed E-state index contributed by atoms with van der Waals surface area (Å²) in [6.07, 6.45) is 1.22. The van der Waals surface area contributed by atoms with Gasteiger partial charge >= 0.3 is 0 Å². The highest BCUT2D eigenvalue weighted by Crippen LogP contribution is 2.20. The minimum Gasteiger partial charge on any atom is -0.367 e. The first-order valence-electron chi connectivity index (χ1n) is 8.43. The minimum atomic E-state index is -0.408. The van der Waals surface area contributed by atoms with Crippen LogP contribution in [0.3, 0.4) is 0 Å². The van der Waals surface area contributed by atoms with Crippen LogP contribution in [0.15, 0.2) is 30.5 Å². The Bertz CT molecular complexity index is 811. The molecular formula is C18H21N5O3. The first-order chi connectivity index (χ1) is 12.5. The van der Waals surface area contributed by atoms with Gasteiger partial charge in [-0.3, -0.25) is 9.59 Å². The van der Waals surface area contributed by atoms with Crippen molar-refractivity contribution in [3.05, 3.63) is 53.4 Å². The van der Waals surface area contributed by atoms with Crippen LogP contribution in [0.5, 0.6) is 0 Å². The average molecular weight is 355 g/mol. The fourth-order valence-electron chi connectivity index (χ4n) is 2.70. The Morgan fingerprint density at radius 3 is 2.92 bits per heavy atom. The Morgan fingerprint density at radius 1 is 1.31 bits per heavy atom. The third-order valence-corrected chi connectivity index (χ3v) is 4.00. The summed E-state index contributed by atoms with van der Waals surface area (Å²) in [6.45, 7) is 4.89. The minimum absolute atomic E-state index is 0.124. The number of carbonyl (C=O) groups is 2.